The van der Waals surface area contributed by atoms with Gasteiger partial charge < -0.3 is 14.6 Å². The highest BCUT2D eigenvalue weighted by Gasteiger charge is 2.18. The van der Waals surface area contributed by atoms with Crippen LogP contribution in [0.1, 0.15) is 16.1 Å². The van der Waals surface area contributed by atoms with Crippen molar-refractivity contribution in [1.29, 1.82) is 0 Å². The van der Waals surface area contributed by atoms with E-state index < -0.39 is 5.91 Å². The number of nitrogens with zero attached hydrogens (tertiary/aromatic N) is 2. The number of piperazine rings is 1. The molecule has 0 spiro atoms. The van der Waals surface area contributed by atoms with E-state index in [9.17, 15) is 4.79 Å². The van der Waals surface area contributed by atoms with Crippen LogP contribution in [0.3, 0.4) is 0 Å². The first kappa shape index (κ1) is 26.3. The van der Waals surface area contributed by atoms with Gasteiger partial charge in [-0.05, 0) is 84.5 Å². The molecule has 194 valence electrons. The molecule has 1 fully saturated rings. The number of furan rings is 1. The third kappa shape index (κ3) is 6.55. The fraction of sp³-hybridized carbons (Fsp3) is 0.172. The Kier molecular flexibility index (Phi) is 8.29. The topological polar surface area (TPSA) is 60.8 Å². The summed E-state index contributed by atoms with van der Waals surface area (Å²) in [5.74, 6) is 0.322. The van der Waals surface area contributed by atoms with Crippen molar-refractivity contribution in [1.82, 2.24) is 10.2 Å². The molecule has 2 heterocycles. The van der Waals surface area contributed by atoms with Crippen LogP contribution in [0.4, 0.5) is 11.4 Å². The van der Waals surface area contributed by atoms with Crippen LogP contribution in [0.25, 0.3) is 11.3 Å². The molecular weight excluding hydrogens is 539 g/mol. The summed E-state index contributed by atoms with van der Waals surface area (Å²) in [6.45, 7) is 4.67. The molecule has 1 saturated heterocycles. The SMILES string of the molecule is O=C(NC(=S)Nc1ccc(N2CCN(Cc3ccccc3Cl)CC2)cc1)c1ccc(-c2ccc(Cl)cc2)o1. The first-order valence-electron chi connectivity index (χ1n) is 12.2. The number of hydrogen-bond acceptors (Lipinski definition) is 5. The van der Waals surface area contributed by atoms with E-state index in [1.54, 1.807) is 24.3 Å². The monoisotopic (exact) mass is 564 g/mol. The molecule has 3 aromatic carbocycles. The van der Waals surface area contributed by atoms with E-state index in [2.05, 4.69) is 38.6 Å². The average molecular weight is 566 g/mol. The van der Waals surface area contributed by atoms with Crippen molar-refractivity contribution >= 4 is 57.8 Å². The van der Waals surface area contributed by atoms with E-state index in [4.69, 9.17) is 39.8 Å². The zero-order chi connectivity index (χ0) is 26.5. The lowest BCUT2D eigenvalue weighted by Crippen LogP contribution is -2.46. The fourth-order valence-electron chi connectivity index (χ4n) is 4.34. The molecule has 6 nitrogen and oxygen atoms in total. The van der Waals surface area contributed by atoms with Crippen LogP contribution in [-0.4, -0.2) is 42.1 Å². The third-order valence-corrected chi connectivity index (χ3v) is 7.22. The van der Waals surface area contributed by atoms with Crippen molar-refractivity contribution in [3.63, 3.8) is 0 Å². The lowest BCUT2D eigenvalue weighted by atomic mass is 10.2. The van der Waals surface area contributed by atoms with Gasteiger partial charge >= 0.3 is 0 Å². The number of carbonyl (C=O) groups excluding carboxylic acids is 1. The number of halogens is 2. The Labute approximate surface area is 237 Å². The van der Waals surface area contributed by atoms with Crippen molar-refractivity contribution in [2.45, 2.75) is 6.54 Å². The molecule has 9 heteroatoms. The van der Waals surface area contributed by atoms with Gasteiger partial charge in [-0.3, -0.25) is 15.0 Å². The van der Waals surface area contributed by atoms with Crippen molar-refractivity contribution in [2.75, 3.05) is 36.4 Å². The first-order chi connectivity index (χ1) is 18.4. The summed E-state index contributed by atoms with van der Waals surface area (Å²) in [6, 6.07) is 26.6. The Morgan fingerprint density at radius 2 is 1.58 bits per heavy atom. The largest absolute Gasteiger partial charge is 0.451 e. The second-order valence-corrected chi connectivity index (χ2v) is 10.2. The average Bonchev–Trinajstić information content (AvgIpc) is 3.42. The number of benzene rings is 3. The van der Waals surface area contributed by atoms with Crippen LogP contribution in [0.2, 0.25) is 10.0 Å². The van der Waals surface area contributed by atoms with Gasteiger partial charge in [0.05, 0.1) is 0 Å². The van der Waals surface area contributed by atoms with Crippen molar-refractivity contribution in [2.24, 2.45) is 0 Å². The summed E-state index contributed by atoms with van der Waals surface area (Å²) in [5, 5.41) is 7.37. The molecule has 0 radical (unpaired) electrons. The highest BCUT2D eigenvalue weighted by molar-refractivity contribution is 7.80. The van der Waals surface area contributed by atoms with Gasteiger partial charge in [0, 0.05) is 59.7 Å². The summed E-state index contributed by atoms with van der Waals surface area (Å²) in [6.07, 6.45) is 0. The Morgan fingerprint density at radius 3 is 2.29 bits per heavy atom. The number of rotatable bonds is 6. The standard InChI is InChI=1S/C29H26Cl2N4O2S/c30-22-7-5-20(6-8-22)26-13-14-27(37-26)28(36)33-29(38)32-23-9-11-24(12-10-23)35-17-15-34(16-18-35)19-21-3-1-2-4-25(21)31/h1-14H,15-19H2,(H2,32,33,36,38). The normalized spacial score (nSPS) is 13.8. The maximum Gasteiger partial charge on any atom is 0.293 e. The van der Waals surface area contributed by atoms with E-state index in [1.165, 1.54) is 0 Å². The minimum atomic E-state index is -0.422. The molecule has 38 heavy (non-hydrogen) atoms. The predicted octanol–water partition coefficient (Wildman–Crippen LogP) is 6.70. The maximum absolute atomic E-state index is 12.6. The first-order valence-corrected chi connectivity index (χ1v) is 13.4. The second kappa shape index (κ2) is 12.0. The molecule has 1 aromatic heterocycles. The Hall–Kier alpha value is -3.36. The molecule has 0 unspecified atom stereocenters. The van der Waals surface area contributed by atoms with E-state index in [1.807, 2.05) is 42.5 Å². The second-order valence-electron chi connectivity index (χ2n) is 8.98. The van der Waals surface area contributed by atoms with Gasteiger partial charge in [-0.2, -0.15) is 0 Å². The van der Waals surface area contributed by atoms with E-state index in [0.717, 1.165) is 60.2 Å². The van der Waals surface area contributed by atoms with E-state index in [-0.39, 0.29) is 10.9 Å². The number of amides is 1. The molecule has 4 aromatic rings. The van der Waals surface area contributed by atoms with E-state index >= 15 is 0 Å². The van der Waals surface area contributed by atoms with Crippen molar-refractivity contribution in [3.8, 4) is 11.3 Å². The number of anilines is 2. The van der Waals surface area contributed by atoms with Gasteiger partial charge in [0.2, 0.25) is 0 Å². The predicted molar refractivity (Wildman–Crippen MR) is 158 cm³/mol. The van der Waals surface area contributed by atoms with Gasteiger partial charge in [0.25, 0.3) is 5.91 Å². The van der Waals surface area contributed by atoms with Crippen LogP contribution >= 0.6 is 35.4 Å². The zero-order valence-electron chi connectivity index (χ0n) is 20.5. The maximum atomic E-state index is 12.6. The molecule has 0 aliphatic carbocycles. The minimum Gasteiger partial charge on any atom is -0.451 e. The van der Waals surface area contributed by atoms with Crippen molar-refractivity contribution < 1.29 is 9.21 Å². The molecule has 1 aliphatic heterocycles. The Bertz CT molecular complexity index is 1420. The van der Waals surface area contributed by atoms with Gasteiger partial charge in [0.1, 0.15) is 5.76 Å². The number of thiocarbonyl (C=S) groups is 1. The van der Waals surface area contributed by atoms with Crippen LogP contribution in [-0.2, 0) is 6.54 Å². The Balaban J connectivity index is 1.10. The van der Waals surface area contributed by atoms with Crippen LogP contribution in [0.5, 0.6) is 0 Å². The molecule has 2 N–H and O–H groups in total. The smallest absolute Gasteiger partial charge is 0.293 e. The van der Waals surface area contributed by atoms with Crippen LogP contribution in [0.15, 0.2) is 89.3 Å². The molecule has 0 atom stereocenters. The summed E-state index contributed by atoms with van der Waals surface area (Å²) in [7, 11) is 0. The molecule has 5 rings (SSSR count). The minimum absolute atomic E-state index is 0.170. The highest BCUT2D eigenvalue weighted by Crippen LogP contribution is 2.24. The molecule has 1 amide bonds. The summed E-state index contributed by atoms with van der Waals surface area (Å²) in [4.78, 5) is 17.4. The Morgan fingerprint density at radius 1 is 0.868 bits per heavy atom. The highest BCUT2D eigenvalue weighted by atomic mass is 35.5. The lowest BCUT2D eigenvalue weighted by Gasteiger charge is -2.36. The number of carbonyl (C=O) groups is 1. The molecule has 1 aliphatic rings. The summed E-state index contributed by atoms with van der Waals surface area (Å²) >= 11 is 17.6. The van der Waals surface area contributed by atoms with Crippen molar-refractivity contribution in [3.05, 3.63) is 106 Å². The summed E-state index contributed by atoms with van der Waals surface area (Å²) in [5.41, 5.74) is 3.93. The third-order valence-electron chi connectivity index (χ3n) is 6.40. The van der Waals surface area contributed by atoms with Gasteiger partial charge in [-0.1, -0.05) is 41.4 Å². The number of hydrogen-bond donors (Lipinski definition) is 2. The summed E-state index contributed by atoms with van der Waals surface area (Å²) < 4.78 is 5.69. The van der Waals surface area contributed by atoms with Gasteiger partial charge in [-0.15, -0.1) is 0 Å². The molecule has 0 bridgehead atoms. The van der Waals surface area contributed by atoms with Crippen LogP contribution < -0.4 is 15.5 Å². The van der Waals surface area contributed by atoms with Crippen LogP contribution in [0, 0.1) is 0 Å². The fourth-order valence-corrected chi connectivity index (χ4v) is 4.88. The van der Waals surface area contributed by atoms with Gasteiger partial charge in [-0.25, -0.2) is 0 Å². The zero-order valence-corrected chi connectivity index (χ0v) is 22.8. The number of nitrogens with one attached hydrogen (secondary N) is 2. The lowest BCUT2D eigenvalue weighted by molar-refractivity contribution is 0.0951. The molecular formula is C29H26Cl2N4O2S. The quantitative estimate of drug-likeness (QED) is 0.254. The van der Waals surface area contributed by atoms with E-state index in [0.29, 0.717) is 10.8 Å². The molecule has 0 saturated carbocycles. The van der Waals surface area contributed by atoms with Gasteiger partial charge in [0.15, 0.2) is 10.9 Å².